The number of nitrogens with zero attached hydrogens (tertiary/aromatic N) is 3. The van der Waals surface area contributed by atoms with Crippen molar-refractivity contribution < 1.29 is 0 Å². The molecule has 10 heavy (non-hydrogen) atoms. The van der Waals surface area contributed by atoms with Crippen molar-refractivity contribution in [2.45, 2.75) is 0 Å². The largest absolute Gasteiger partial charge is 0.299 e. The Morgan fingerprint density at radius 1 is 1.30 bits per heavy atom. The summed E-state index contributed by atoms with van der Waals surface area (Å²) in [5, 5.41) is 0. The summed E-state index contributed by atoms with van der Waals surface area (Å²) in [6.07, 6.45) is 0. The molecule has 0 aromatic carbocycles. The zero-order valence-electron chi connectivity index (χ0n) is 5.95. The van der Waals surface area contributed by atoms with Gasteiger partial charge in [-0.15, -0.1) is 0 Å². The summed E-state index contributed by atoms with van der Waals surface area (Å²) in [6.45, 7) is 10.8. The lowest BCUT2D eigenvalue weighted by Crippen LogP contribution is -2.43. The first-order valence-electron chi connectivity index (χ1n) is 3.38. The summed E-state index contributed by atoms with van der Waals surface area (Å²) >= 11 is 0. The van der Waals surface area contributed by atoms with Gasteiger partial charge >= 0.3 is 0 Å². The number of piperazine rings is 1. The lowest BCUT2D eigenvalue weighted by Gasteiger charge is -2.28. The van der Waals surface area contributed by atoms with Crippen LogP contribution in [0, 0.1) is 13.6 Å². The lowest BCUT2D eigenvalue weighted by molar-refractivity contribution is 0.180. The van der Waals surface area contributed by atoms with Crippen molar-refractivity contribution in [2.75, 3.05) is 32.8 Å². The van der Waals surface area contributed by atoms with E-state index in [-0.39, 0.29) is 0 Å². The van der Waals surface area contributed by atoms with Crippen molar-refractivity contribution in [3.8, 4) is 0 Å². The lowest BCUT2D eigenvalue weighted by atomic mass is 10.3. The summed E-state index contributed by atoms with van der Waals surface area (Å²) in [5.41, 5.74) is 0. The van der Waals surface area contributed by atoms with Gasteiger partial charge in [-0.25, -0.2) is 11.5 Å². The Labute approximate surface area is 62.0 Å². The van der Waals surface area contributed by atoms with Crippen LogP contribution in [0.25, 0.3) is 4.85 Å². The van der Waals surface area contributed by atoms with Crippen molar-refractivity contribution in [1.82, 2.24) is 9.80 Å². The molecular formula is C7H11N3. The predicted molar refractivity (Wildman–Crippen MR) is 38.9 cm³/mol. The second kappa shape index (κ2) is 3.55. The van der Waals surface area contributed by atoms with Crippen LogP contribution in [-0.4, -0.2) is 42.6 Å². The molecule has 2 radical (unpaired) electrons. The zero-order chi connectivity index (χ0) is 7.40. The quantitative estimate of drug-likeness (QED) is 0.476. The van der Waals surface area contributed by atoms with Crippen LogP contribution in [0.4, 0.5) is 0 Å². The van der Waals surface area contributed by atoms with Crippen LogP contribution in [0.2, 0.25) is 0 Å². The Balaban J connectivity index is 2.21. The second-order valence-corrected chi connectivity index (χ2v) is 2.45. The van der Waals surface area contributed by atoms with Crippen molar-refractivity contribution in [2.24, 2.45) is 0 Å². The molecule has 0 aromatic rings. The molecule has 3 heteroatoms. The van der Waals surface area contributed by atoms with E-state index in [1.165, 1.54) is 0 Å². The highest BCUT2D eigenvalue weighted by molar-refractivity contribution is 4.73. The van der Waals surface area contributed by atoms with Gasteiger partial charge in [0.2, 0.25) is 0 Å². The molecule has 0 N–H and O–H groups in total. The van der Waals surface area contributed by atoms with Gasteiger partial charge in [-0.05, 0) is 0 Å². The first-order chi connectivity index (χ1) is 4.83. The standard InChI is InChI=1S/C7H11N3/c1-8-7-10-5-3-9(2)4-6-10/h2H,3-7H2. The van der Waals surface area contributed by atoms with E-state index in [2.05, 4.69) is 9.74 Å². The van der Waals surface area contributed by atoms with E-state index < -0.39 is 0 Å². The molecule has 1 saturated heterocycles. The van der Waals surface area contributed by atoms with Gasteiger partial charge in [0.15, 0.2) is 0 Å². The van der Waals surface area contributed by atoms with Gasteiger partial charge in [0.25, 0.3) is 6.67 Å². The molecule has 0 unspecified atom stereocenters. The number of hydrogen-bond acceptors (Lipinski definition) is 2. The van der Waals surface area contributed by atoms with E-state index in [0.717, 1.165) is 26.2 Å². The van der Waals surface area contributed by atoms with Crippen molar-refractivity contribution in [3.63, 3.8) is 0 Å². The summed E-state index contributed by atoms with van der Waals surface area (Å²) < 4.78 is 0. The highest BCUT2D eigenvalue weighted by atomic mass is 15.3. The maximum Gasteiger partial charge on any atom is 0.270 e. The van der Waals surface area contributed by atoms with Gasteiger partial charge in [-0.1, -0.05) is 0 Å². The molecule has 1 rings (SSSR count). The topological polar surface area (TPSA) is 10.8 Å². The summed E-state index contributed by atoms with van der Waals surface area (Å²) in [5.74, 6) is 0. The van der Waals surface area contributed by atoms with Gasteiger partial charge in [0.1, 0.15) is 0 Å². The van der Waals surface area contributed by atoms with E-state index in [1.54, 1.807) is 4.90 Å². The minimum absolute atomic E-state index is 0.522. The molecule has 1 heterocycles. The van der Waals surface area contributed by atoms with E-state index in [1.807, 2.05) is 0 Å². The minimum atomic E-state index is 0.522. The van der Waals surface area contributed by atoms with Crippen LogP contribution < -0.4 is 0 Å². The van der Waals surface area contributed by atoms with E-state index in [4.69, 9.17) is 13.6 Å². The van der Waals surface area contributed by atoms with E-state index >= 15 is 0 Å². The Bertz CT molecular complexity index is 130. The van der Waals surface area contributed by atoms with Crippen LogP contribution in [0.1, 0.15) is 0 Å². The Kier molecular flexibility index (Phi) is 2.67. The average Bonchev–Trinajstić information content (AvgIpc) is 1.95. The van der Waals surface area contributed by atoms with Crippen LogP contribution in [0.15, 0.2) is 0 Å². The molecule has 0 amide bonds. The maximum absolute atomic E-state index is 6.63. The number of rotatable bonds is 1. The molecule has 3 nitrogen and oxygen atoms in total. The number of hydrogen-bond donors (Lipinski definition) is 0. The third-order valence-corrected chi connectivity index (χ3v) is 1.68. The molecule has 0 atom stereocenters. The Morgan fingerprint density at radius 3 is 2.40 bits per heavy atom. The van der Waals surface area contributed by atoms with Crippen molar-refractivity contribution in [1.29, 1.82) is 0 Å². The summed E-state index contributed by atoms with van der Waals surface area (Å²) in [4.78, 5) is 7.20. The fourth-order valence-corrected chi connectivity index (χ4v) is 1.00. The predicted octanol–water partition coefficient (Wildman–Crippen LogP) is 0.149. The van der Waals surface area contributed by atoms with Gasteiger partial charge in [0.05, 0.1) is 0 Å². The highest BCUT2D eigenvalue weighted by Crippen LogP contribution is 1.98. The molecule has 0 spiro atoms. The normalized spacial score (nSPS) is 22.4. The third-order valence-electron chi connectivity index (χ3n) is 1.68. The minimum Gasteiger partial charge on any atom is -0.299 e. The maximum atomic E-state index is 6.63. The van der Waals surface area contributed by atoms with Crippen LogP contribution in [0.5, 0.6) is 0 Å². The highest BCUT2D eigenvalue weighted by Gasteiger charge is 2.14. The molecule has 1 fully saturated rings. The Hall–Kier alpha value is -0.590. The third kappa shape index (κ3) is 1.98. The van der Waals surface area contributed by atoms with Gasteiger partial charge in [-0.2, -0.15) is 0 Å². The van der Waals surface area contributed by atoms with Crippen LogP contribution in [-0.2, 0) is 0 Å². The van der Waals surface area contributed by atoms with Gasteiger partial charge in [-0.3, -0.25) is 9.74 Å². The van der Waals surface area contributed by atoms with E-state index in [0.29, 0.717) is 6.67 Å². The summed E-state index contributed by atoms with van der Waals surface area (Å²) in [6, 6.07) is 0. The molecule has 0 aliphatic carbocycles. The Morgan fingerprint density at radius 2 is 1.90 bits per heavy atom. The monoisotopic (exact) mass is 137 g/mol. The van der Waals surface area contributed by atoms with Crippen LogP contribution in [0.3, 0.4) is 0 Å². The average molecular weight is 137 g/mol. The van der Waals surface area contributed by atoms with Gasteiger partial charge in [0, 0.05) is 33.2 Å². The molecular weight excluding hydrogens is 126 g/mol. The van der Waals surface area contributed by atoms with Crippen LogP contribution >= 0.6 is 0 Å². The second-order valence-electron chi connectivity index (χ2n) is 2.45. The zero-order valence-corrected chi connectivity index (χ0v) is 5.95. The summed E-state index contributed by atoms with van der Waals surface area (Å²) in [7, 11) is 5.52. The smallest absolute Gasteiger partial charge is 0.270 e. The molecule has 0 saturated carbocycles. The molecule has 1 aliphatic heterocycles. The van der Waals surface area contributed by atoms with Crippen molar-refractivity contribution >= 4 is 0 Å². The van der Waals surface area contributed by atoms with Gasteiger partial charge < -0.3 is 0 Å². The first kappa shape index (κ1) is 7.52. The molecule has 54 valence electrons. The fourth-order valence-electron chi connectivity index (χ4n) is 1.00. The molecule has 0 aromatic heterocycles. The fraction of sp³-hybridized carbons (Fsp3) is 0.714. The SMILES string of the molecule is [C-]#[N+]CN1CCN([CH])CC1. The van der Waals surface area contributed by atoms with E-state index in [9.17, 15) is 0 Å². The molecule has 0 bridgehead atoms. The molecule has 1 aliphatic rings. The first-order valence-corrected chi connectivity index (χ1v) is 3.38. The van der Waals surface area contributed by atoms with Crippen molar-refractivity contribution in [3.05, 3.63) is 18.5 Å².